The van der Waals surface area contributed by atoms with Crippen LogP contribution in [0.2, 0.25) is 0 Å². The molecule has 2 heterocycles. The van der Waals surface area contributed by atoms with Gasteiger partial charge in [-0.25, -0.2) is 4.98 Å². The average molecular weight is 360 g/mol. The van der Waals surface area contributed by atoms with Gasteiger partial charge in [0.15, 0.2) is 0 Å². The van der Waals surface area contributed by atoms with Crippen molar-refractivity contribution in [2.45, 2.75) is 27.3 Å². The Bertz CT molecular complexity index is 1160. The van der Waals surface area contributed by atoms with E-state index in [-0.39, 0.29) is 5.56 Å². The van der Waals surface area contributed by atoms with Crippen LogP contribution < -0.4 is 5.56 Å². The van der Waals surface area contributed by atoms with Crippen molar-refractivity contribution < 1.29 is 0 Å². The van der Waals surface area contributed by atoms with E-state index in [1.807, 2.05) is 25.1 Å². The van der Waals surface area contributed by atoms with Crippen molar-refractivity contribution in [2.24, 2.45) is 0 Å². The molecule has 0 bridgehead atoms. The van der Waals surface area contributed by atoms with Gasteiger partial charge in [0, 0.05) is 4.88 Å². The molecule has 0 aliphatic heterocycles. The Labute approximate surface area is 156 Å². The van der Waals surface area contributed by atoms with Gasteiger partial charge >= 0.3 is 0 Å². The third kappa shape index (κ3) is 2.86. The quantitative estimate of drug-likeness (QED) is 0.509. The number of thiophene rings is 1. The molecule has 0 fully saturated rings. The Kier molecular flexibility index (Phi) is 4.21. The first-order valence-corrected chi connectivity index (χ1v) is 9.46. The Hall–Kier alpha value is -2.72. The smallest absolute Gasteiger partial charge is 0.262 e. The van der Waals surface area contributed by atoms with Crippen LogP contribution in [0.15, 0.2) is 59.7 Å². The van der Waals surface area contributed by atoms with Crippen molar-refractivity contribution in [1.29, 1.82) is 0 Å². The lowest BCUT2D eigenvalue weighted by molar-refractivity contribution is 0.744. The molecule has 0 amide bonds. The minimum atomic E-state index is 0.0341. The fourth-order valence-electron chi connectivity index (χ4n) is 3.29. The zero-order valence-electron chi connectivity index (χ0n) is 15.1. The molecule has 130 valence electrons. The summed E-state index contributed by atoms with van der Waals surface area (Å²) < 4.78 is 1.72. The number of hydrogen-bond acceptors (Lipinski definition) is 3. The van der Waals surface area contributed by atoms with Crippen molar-refractivity contribution in [3.05, 3.63) is 87.5 Å². The van der Waals surface area contributed by atoms with Crippen molar-refractivity contribution in [1.82, 2.24) is 9.55 Å². The zero-order valence-corrected chi connectivity index (χ0v) is 15.9. The van der Waals surface area contributed by atoms with Gasteiger partial charge in [0.1, 0.15) is 4.83 Å². The van der Waals surface area contributed by atoms with Crippen molar-refractivity contribution in [3.8, 4) is 10.4 Å². The fraction of sp³-hybridized carbons (Fsp3) is 0.182. The number of fused-ring (bicyclic) bond motifs is 1. The van der Waals surface area contributed by atoms with Crippen LogP contribution in [-0.4, -0.2) is 9.55 Å². The summed E-state index contributed by atoms with van der Waals surface area (Å²) in [6.07, 6.45) is 1.68. The fourth-order valence-corrected chi connectivity index (χ4v) is 4.44. The number of hydrogen-bond donors (Lipinski definition) is 0. The topological polar surface area (TPSA) is 34.9 Å². The maximum atomic E-state index is 13.1. The molecule has 0 saturated carbocycles. The molecule has 26 heavy (non-hydrogen) atoms. The summed E-state index contributed by atoms with van der Waals surface area (Å²) in [6.45, 7) is 6.72. The monoisotopic (exact) mass is 360 g/mol. The van der Waals surface area contributed by atoms with E-state index in [0.717, 1.165) is 31.8 Å². The molecular weight excluding hydrogens is 340 g/mol. The standard InChI is InChI=1S/C22H20N2OS/c1-14-9-10-15(2)18(11-14)12-24-13-23-21-19(22(24)25)16(3)20(26-21)17-7-5-4-6-8-17/h4-11,13H,12H2,1-3H3. The molecular formula is C22H20N2OS. The third-order valence-electron chi connectivity index (χ3n) is 4.80. The summed E-state index contributed by atoms with van der Waals surface area (Å²) in [7, 11) is 0. The van der Waals surface area contributed by atoms with E-state index in [0.29, 0.717) is 6.54 Å². The molecule has 0 unspecified atom stereocenters. The normalized spacial score (nSPS) is 11.2. The molecule has 0 spiro atoms. The lowest BCUT2D eigenvalue weighted by Crippen LogP contribution is -2.21. The van der Waals surface area contributed by atoms with Gasteiger partial charge in [-0.15, -0.1) is 11.3 Å². The summed E-state index contributed by atoms with van der Waals surface area (Å²) in [5, 5.41) is 0.738. The molecule has 2 aromatic carbocycles. The zero-order chi connectivity index (χ0) is 18.3. The average Bonchev–Trinajstić information content (AvgIpc) is 2.98. The minimum absolute atomic E-state index is 0.0341. The second-order valence-corrected chi connectivity index (χ2v) is 7.71. The summed E-state index contributed by atoms with van der Waals surface area (Å²) in [5.74, 6) is 0. The van der Waals surface area contributed by atoms with Gasteiger partial charge in [0.05, 0.1) is 18.3 Å². The molecule has 4 heteroatoms. The van der Waals surface area contributed by atoms with E-state index >= 15 is 0 Å². The van der Waals surface area contributed by atoms with Crippen LogP contribution >= 0.6 is 11.3 Å². The highest BCUT2D eigenvalue weighted by Gasteiger charge is 2.16. The Morgan fingerprint density at radius 3 is 2.58 bits per heavy atom. The third-order valence-corrected chi connectivity index (χ3v) is 6.05. The second-order valence-electron chi connectivity index (χ2n) is 6.71. The van der Waals surface area contributed by atoms with Gasteiger partial charge in [-0.3, -0.25) is 9.36 Å². The van der Waals surface area contributed by atoms with Crippen molar-refractivity contribution in [2.75, 3.05) is 0 Å². The van der Waals surface area contributed by atoms with E-state index in [1.54, 1.807) is 22.2 Å². The lowest BCUT2D eigenvalue weighted by Gasteiger charge is -2.09. The number of benzene rings is 2. The first-order chi connectivity index (χ1) is 12.5. The summed E-state index contributed by atoms with van der Waals surface area (Å²) in [6, 6.07) is 16.5. The highest BCUT2D eigenvalue weighted by atomic mass is 32.1. The van der Waals surface area contributed by atoms with Gasteiger partial charge in [0.25, 0.3) is 5.56 Å². The minimum Gasteiger partial charge on any atom is -0.294 e. The van der Waals surface area contributed by atoms with Gasteiger partial charge in [-0.05, 0) is 43.0 Å². The Morgan fingerprint density at radius 1 is 1.04 bits per heavy atom. The van der Waals surface area contributed by atoms with Crippen LogP contribution in [0.5, 0.6) is 0 Å². The number of nitrogens with zero attached hydrogens (tertiary/aromatic N) is 2. The van der Waals surface area contributed by atoms with Gasteiger partial charge < -0.3 is 0 Å². The van der Waals surface area contributed by atoms with Crippen molar-refractivity contribution >= 4 is 21.6 Å². The highest BCUT2D eigenvalue weighted by Crippen LogP contribution is 2.35. The van der Waals surface area contributed by atoms with Gasteiger partial charge in [-0.1, -0.05) is 54.1 Å². The second kappa shape index (κ2) is 6.54. The van der Waals surface area contributed by atoms with E-state index in [9.17, 15) is 4.79 Å². The molecule has 2 aromatic heterocycles. The van der Waals surface area contributed by atoms with Crippen LogP contribution in [-0.2, 0) is 6.54 Å². The lowest BCUT2D eigenvalue weighted by atomic mass is 10.1. The molecule has 0 saturated heterocycles. The van der Waals surface area contributed by atoms with Gasteiger partial charge in [-0.2, -0.15) is 0 Å². The molecule has 3 nitrogen and oxygen atoms in total. The molecule has 0 radical (unpaired) electrons. The molecule has 4 rings (SSSR count). The van der Waals surface area contributed by atoms with Crippen LogP contribution in [0.25, 0.3) is 20.7 Å². The highest BCUT2D eigenvalue weighted by molar-refractivity contribution is 7.22. The predicted octanol–water partition coefficient (Wildman–Crippen LogP) is 5.10. The number of rotatable bonds is 3. The number of aromatic nitrogens is 2. The van der Waals surface area contributed by atoms with E-state index in [2.05, 4.69) is 49.2 Å². The maximum Gasteiger partial charge on any atom is 0.262 e. The van der Waals surface area contributed by atoms with Crippen LogP contribution in [0.3, 0.4) is 0 Å². The van der Waals surface area contributed by atoms with Crippen molar-refractivity contribution in [3.63, 3.8) is 0 Å². The van der Waals surface area contributed by atoms with E-state index < -0.39 is 0 Å². The van der Waals surface area contributed by atoms with Crippen LogP contribution in [0, 0.1) is 20.8 Å². The van der Waals surface area contributed by atoms with Crippen LogP contribution in [0.4, 0.5) is 0 Å². The molecule has 0 N–H and O–H groups in total. The molecule has 0 aliphatic rings. The summed E-state index contributed by atoms with van der Waals surface area (Å²) in [5.41, 5.74) is 5.73. The SMILES string of the molecule is Cc1ccc(C)c(Cn2cnc3sc(-c4ccccc4)c(C)c3c2=O)c1. The molecule has 0 aliphatic carbocycles. The van der Waals surface area contributed by atoms with E-state index in [1.165, 1.54) is 11.1 Å². The summed E-state index contributed by atoms with van der Waals surface area (Å²) >= 11 is 1.59. The predicted molar refractivity (Wildman–Crippen MR) is 109 cm³/mol. The Balaban J connectivity index is 1.84. The first kappa shape index (κ1) is 16.7. The van der Waals surface area contributed by atoms with Crippen LogP contribution in [0.1, 0.15) is 22.3 Å². The molecule has 0 atom stereocenters. The Morgan fingerprint density at radius 2 is 1.81 bits per heavy atom. The maximum absolute atomic E-state index is 13.1. The van der Waals surface area contributed by atoms with Gasteiger partial charge in [0.2, 0.25) is 0 Å². The first-order valence-electron chi connectivity index (χ1n) is 8.64. The summed E-state index contributed by atoms with van der Waals surface area (Å²) in [4.78, 5) is 19.6. The van der Waals surface area contributed by atoms with E-state index in [4.69, 9.17) is 0 Å². The molecule has 4 aromatic rings. The number of aryl methyl sites for hydroxylation is 3. The largest absolute Gasteiger partial charge is 0.294 e.